The Labute approximate surface area is 186 Å². The van der Waals surface area contributed by atoms with Crippen molar-refractivity contribution in [2.75, 3.05) is 14.1 Å². The van der Waals surface area contributed by atoms with Crippen LogP contribution in [-0.4, -0.2) is 51.3 Å². The largest absolute Gasteiger partial charge is 0.586 e. The molecule has 0 fully saturated rings. The van der Waals surface area contributed by atoms with E-state index in [1.54, 1.807) is 50.9 Å². The third kappa shape index (κ3) is 3.64. The molecule has 0 saturated carbocycles. The molecule has 0 bridgehead atoms. The van der Waals surface area contributed by atoms with Crippen LogP contribution in [0.3, 0.4) is 0 Å². The van der Waals surface area contributed by atoms with Crippen molar-refractivity contribution in [2.24, 2.45) is 0 Å². The number of aliphatic hydroxyl groups is 1. The summed E-state index contributed by atoms with van der Waals surface area (Å²) in [5, 5.41) is 11.0. The second-order valence-corrected chi connectivity index (χ2v) is 7.76. The molecule has 1 aromatic carbocycles. The van der Waals surface area contributed by atoms with Gasteiger partial charge in [0.2, 0.25) is 0 Å². The lowest BCUT2D eigenvalue weighted by molar-refractivity contribution is -0.286. The van der Waals surface area contributed by atoms with E-state index in [-0.39, 0.29) is 11.5 Å². The number of nitrogens with one attached hydrogen (secondary N) is 1. The van der Waals surface area contributed by atoms with E-state index < -0.39 is 18.3 Å². The summed E-state index contributed by atoms with van der Waals surface area (Å²) in [4.78, 5) is 25.0. The Hall–Kier alpha value is -4.05. The molecule has 8 nitrogen and oxygen atoms in total. The molecule has 4 heterocycles. The van der Waals surface area contributed by atoms with Gasteiger partial charge < -0.3 is 24.5 Å². The fourth-order valence-electron chi connectivity index (χ4n) is 3.72. The second kappa shape index (κ2) is 7.52. The highest BCUT2D eigenvalue weighted by atomic mass is 19.3. The molecule has 3 aromatic heterocycles. The van der Waals surface area contributed by atoms with Crippen LogP contribution in [0.1, 0.15) is 11.7 Å². The first-order valence-electron chi connectivity index (χ1n) is 9.94. The van der Waals surface area contributed by atoms with Crippen molar-refractivity contribution < 1.29 is 28.2 Å². The number of nitrogens with zero attached hydrogens (tertiary/aromatic N) is 3. The molecule has 2 N–H and O–H groups in total. The predicted octanol–water partition coefficient (Wildman–Crippen LogP) is 3.74. The minimum Gasteiger partial charge on any atom is -0.395 e. The maximum atomic E-state index is 13.6. The summed E-state index contributed by atoms with van der Waals surface area (Å²) in [5.41, 5.74) is 3.21. The molecule has 4 aromatic rings. The first-order chi connectivity index (χ1) is 15.7. The molecule has 33 heavy (non-hydrogen) atoms. The van der Waals surface area contributed by atoms with Gasteiger partial charge in [0.1, 0.15) is 5.65 Å². The SMILES string of the molecule is CN(C)C(=O)C(O)c1cncc(-c2cnc3[nH]cc(-c4cccc5c4OC(F)(F)O5)c3c2)c1. The topological polar surface area (TPSA) is 101 Å². The van der Waals surface area contributed by atoms with Crippen LogP contribution in [0, 0.1) is 0 Å². The number of carbonyl (C=O) groups is 1. The number of para-hydroxylation sites is 1. The van der Waals surface area contributed by atoms with E-state index in [0.29, 0.717) is 38.9 Å². The van der Waals surface area contributed by atoms with E-state index in [9.17, 15) is 18.7 Å². The van der Waals surface area contributed by atoms with Crippen molar-refractivity contribution in [3.8, 4) is 33.8 Å². The number of pyridine rings is 2. The molecule has 1 aliphatic heterocycles. The standard InChI is InChI=1S/C23H18F2N4O4/c1-29(2)22(31)19(30)14-6-12(8-26-9-14)13-7-16-17(11-28-21(16)27-10-13)15-4-3-5-18-20(15)33-23(24,25)32-18/h3-11,19,30H,1-2H3,(H,27,28). The summed E-state index contributed by atoms with van der Waals surface area (Å²) in [5.74, 6) is -0.567. The maximum Gasteiger partial charge on any atom is 0.586 e. The molecular formula is C23H18F2N4O4. The highest BCUT2D eigenvalue weighted by Crippen LogP contribution is 2.48. The number of fused-ring (bicyclic) bond motifs is 2. The van der Waals surface area contributed by atoms with Gasteiger partial charge in [-0.15, -0.1) is 8.78 Å². The molecule has 0 radical (unpaired) electrons. The number of rotatable bonds is 4. The molecular weight excluding hydrogens is 434 g/mol. The van der Waals surface area contributed by atoms with Gasteiger partial charge in [-0.3, -0.25) is 9.78 Å². The quantitative estimate of drug-likeness (QED) is 0.489. The zero-order chi connectivity index (χ0) is 23.3. The van der Waals surface area contributed by atoms with Crippen LogP contribution in [0.5, 0.6) is 11.5 Å². The maximum absolute atomic E-state index is 13.6. The number of carbonyl (C=O) groups excluding carboxylic acids is 1. The van der Waals surface area contributed by atoms with Crippen LogP contribution < -0.4 is 9.47 Å². The van der Waals surface area contributed by atoms with Gasteiger partial charge in [0.15, 0.2) is 17.6 Å². The lowest BCUT2D eigenvalue weighted by Crippen LogP contribution is -2.28. The fraction of sp³-hybridized carbons (Fsp3) is 0.174. The van der Waals surface area contributed by atoms with E-state index in [1.165, 1.54) is 17.2 Å². The highest BCUT2D eigenvalue weighted by Gasteiger charge is 2.44. The Morgan fingerprint density at radius 1 is 1.12 bits per heavy atom. The molecule has 1 unspecified atom stereocenters. The molecule has 1 amide bonds. The van der Waals surface area contributed by atoms with Gasteiger partial charge in [0.05, 0.1) is 0 Å². The lowest BCUT2D eigenvalue weighted by Gasteiger charge is -2.16. The average Bonchev–Trinajstić information content (AvgIpc) is 3.36. The molecule has 1 aliphatic rings. The number of H-pyrrole nitrogens is 1. The van der Waals surface area contributed by atoms with Crippen molar-refractivity contribution in [2.45, 2.75) is 12.4 Å². The molecule has 0 aliphatic carbocycles. The molecule has 0 spiro atoms. The Balaban J connectivity index is 1.57. The molecule has 10 heteroatoms. The smallest absolute Gasteiger partial charge is 0.395 e. The van der Waals surface area contributed by atoms with Gasteiger partial charge >= 0.3 is 6.29 Å². The first-order valence-corrected chi connectivity index (χ1v) is 9.94. The Bertz CT molecular complexity index is 1390. The van der Waals surface area contributed by atoms with Gasteiger partial charge in [-0.2, -0.15) is 0 Å². The number of likely N-dealkylation sites (N-methyl/N-ethyl adjacent to an activating group) is 1. The first kappa shape index (κ1) is 20.8. The van der Waals surface area contributed by atoms with Crippen LogP contribution in [0.15, 0.2) is 55.1 Å². The number of aromatic nitrogens is 3. The predicted molar refractivity (Wildman–Crippen MR) is 115 cm³/mol. The number of ether oxygens (including phenoxy) is 2. The molecule has 5 rings (SSSR count). The number of hydrogen-bond donors (Lipinski definition) is 2. The fourth-order valence-corrected chi connectivity index (χ4v) is 3.72. The summed E-state index contributed by atoms with van der Waals surface area (Å²) in [6.07, 6.45) is 1.21. The van der Waals surface area contributed by atoms with E-state index in [0.717, 1.165) is 0 Å². The third-order valence-electron chi connectivity index (χ3n) is 5.33. The van der Waals surface area contributed by atoms with Crippen molar-refractivity contribution in [1.82, 2.24) is 19.9 Å². The van der Waals surface area contributed by atoms with Crippen LogP contribution >= 0.6 is 0 Å². The number of hydrogen-bond acceptors (Lipinski definition) is 6. The lowest BCUT2D eigenvalue weighted by atomic mass is 10.0. The number of benzene rings is 1. The van der Waals surface area contributed by atoms with Gasteiger partial charge in [-0.25, -0.2) is 4.98 Å². The second-order valence-electron chi connectivity index (χ2n) is 7.76. The zero-order valence-electron chi connectivity index (χ0n) is 17.5. The van der Waals surface area contributed by atoms with Crippen molar-refractivity contribution in [3.05, 3.63) is 60.7 Å². The minimum absolute atomic E-state index is 0.0487. The van der Waals surface area contributed by atoms with E-state index in [2.05, 4.69) is 19.7 Å². The van der Waals surface area contributed by atoms with Crippen molar-refractivity contribution in [1.29, 1.82) is 0 Å². The number of amides is 1. The van der Waals surface area contributed by atoms with Gasteiger partial charge in [0.25, 0.3) is 5.91 Å². The molecule has 0 saturated heterocycles. The van der Waals surface area contributed by atoms with E-state index >= 15 is 0 Å². The zero-order valence-corrected chi connectivity index (χ0v) is 17.5. The monoisotopic (exact) mass is 452 g/mol. The van der Waals surface area contributed by atoms with Crippen molar-refractivity contribution >= 4 is 16.9 Å². The summed E-state index contributed by atoms with van der Waals surface area (Å²) >= 11 is 0. The van der Waals surface area contributed by atoms with Gasteiger partial charge in [-0.05, 0) is 18.2 Å². The molecule has 168 valence electrons. The number of aromatic amines is 1. The van der Waals surface area contributed by atoms with Gasteiger partial charge in [0, 0.05) is 72.1 Å². The van der Waals surface area contributed by atoms with Crippen LogP contribution in [-0.2, 0) is 4.79 Å². The van der Waals surface area contributed by atoms with Crippen molar-refractivity contribution in [3.63, 3.8) is 0 Å². The Kier molecular flexibility index (Phi) is 4.75. The number of halogens is 2. The van der Waals surface area contributed by atoms with Crippen LogP contribution in [0.25, 0.3) is 33.3 Å². The summed E-state index contributed by atoms with van der Waals surface area (Å²) in [6, 6.07) is 8.15. The number of aliphatic hydroxyl groups excluding tert-OH is 1. The summed E-state index contributed by atoms with van der Waals surface area (Å²) < 4.78 is 36.6. The minimum atomic E-state index is -3.73. The molecule has 1 atom stereocenters. The summed E-state index contributed by atoms with van der Waals surface area (Å²) in [7, 11) is 3.11. The third-order valence-corrected chi connectivity index (χ3v) is 5.33. The van der Waals surface area contributed by atoms with Crippen LogP contribution in [0.4, 0.5) is 8.78 Å². The highest BCUT2D eigenvalue weighted by molar-refractivity contribution is 5.98. The number of alkyl halides is 2. The summed E-state index contributed by atoms with van der Waals surface area (Å²) in [6.45, 7) is 0. The van der Waals surface area contributed by atoms with E-state index in [4.69, 9.17) is 4.74 Å². The Morgan fingerprint density at radius 3 is 2.70 bits per heavy atom. The average molecular weight is 452 g/mol. The normalized spacial score (nSPS) is 14.9. The van der Waals surface area contributed by atoms with Crippen LogP contribution in [0.2, 0.25) is 0 Å². The Morgan fingerprint density at radius 2 is 1.91 bits per heavy atom. The van der Waals surface area contributed by atoms with Gasteiger partial charge in [-0.1, -0.05) is 12.1 Å². The van der Waals surface area contributed by atoms with E-state index in [1.807, 2.05) is 6.07 Å².